The second-order valence-corrected chi connectivity index (χ2v) is 5.67. The number of benzene rings is 1. The van der Waals surface area contributed by atoms with Crippen LogP contribution in [0.15, 0.2) is 29.2 Å². The molecule has 6 nitrogen and oxygen atoms in total. The quantitative estimate of drug-likeness (QED) is 0.626. The van der Waals surface area contributed by atoms with E-state index in [2.05, 4.69) is 5.32 Å². The molecule has 1 unspecified atom stereocenters. The Labute approximate surface area is 127 Å². The molecule has 114 valence electrons. The molecule has 1 aromatic rings. The first kappa shape index (κ1) is 17.0. The fourth-order valence-corrected chi connectivity index (χ4v) is 2.40. The molecule has 1 rings (SSSR count). The van der Waals surface area contributed by atoms with Crippen LogP contribution in [0.5, 0.6) is 0 Å². The van der Waals surface area contributed by atoms with Gasteiger partial charge in [-0.05, 0) is 30.4 Å². The Kier molecular flexibility index (Phi) is 6.74. The number of carbonyl (C=O) groups excluding carboxylic acids is 2. The highest BCUT2D eigenvalue weighted by Gasteiger charge is 2.21. The number of aliphatic carboxylic acids is 1. The zero-order chi connectivity index (χ0) is 15.8. The fraction of sp³-hybridized carbons (Fsp3) is 0.357. The number of nitrogens with two attached hydrogens (primary N) is 1. The van der Waals surface area contributed by atoms with E-state index in [9.17, 15) is 14.4 Å². The van der Waals surface area contributed by atoms with Gasteiger partial charge in [-0.2, -0.15) is 0 Å². The molecule has 0 bridgehead atoms. The minimum Gasteiger partial charge on any atom is -0.480 e. The lowest BCUT2D eigenvalue weighted by Crippen LogP contribution is -2.41. The van der Waals surface area contributed by atoms with E-state index >= 15 is 0 Å². The van der Waals surface area contributed by atoms with Gasteiger partial charge >= 0.3 is 5.97 Å². The first-order chi connectivity index (χ1) is 9.93. The van der Waals surface area contributed by atoms with Crippen molar-refractivity contribution in [3.63, 3.8) is 0 Å². The van der Waals surface area contributed by atoms with E-state index in [1.165, 1.54) is 0 Å². The Morgan fingerprint density at radius 3 is 2.67 bits per heavy atom. The molecule has 0 heterocycles. The lowest BCUT2D eigenvalue weighted by atomic mass is 10.1. The molecule has 0 aliphatic carbocycles. The zero-order valence-corrected chi connectivity index (χ0v) is 12.5. The third-order valence-corrected chi connectivity index (χ3v) is 3.57. The highest BCUT2D eigenvalue weighted by atomic mass is 32.2. The summed E-state index contributed by atoms with van der Waals surface area (Å²) < 4.78 is 0. The van der Waals surface area contributed by atoms with Crippen LogP contribution < -0.4 is 11.1 Å². The van der Waals surface area contributed by atoms with Crippen LogP contribution in [0, 0.1) is 0 Å². The Bertz CT molecular complexity index is 533. The number of amides is 2. The molecular formula is C14H18N2O4S. The first-order valence-electron chi connectivity index (χ1n) is 6.49. The zero-order valence-electron chi connectivity index (χ0n) is 11.7. The predicted octanol–water partition coefficient (Wildman–Crippen LogP) is 1.25. The van der Waals surface area contributed by atoms with Gasteiger partial charge in [0.25, 0.3) is 5.91 Å². The molecule has 1 atom stereocenters. The van der Waals surface area contributed by atoms with Crippen LogP contribution in [-0.4, -0.2) is 34.7 Å². The molecule has 0 aromatic heterocycles. The molecule has 21 heavy (non-hydrogen) atoms. The molecule has 0 saturated heterocycles. The van der Waals surface area contributed by atoms with E-state index in [-0.39, 0.29) is 12.8 Å². The van der Waals surface area contributed by atoms with Crippen molar-refractivity contribution in [2.24, 2.45) is 5.73 Å². The van der Waals surface area contributed by atoms with Crippen LogP contribution in [-0.2, 0) is 9.59 Å². The van der Waals surface area contributed by atoms with Gasteiger partial charge in [0.05, 0.1) is 0 Å². The van der Waals surface area contributed by atoms with Gasteiger partial charge in [0.2, 0.25) is 5.91 Å². The molecule has 2 amide bonds. The number of nitrogens with one attached hydrogen (secondary N) is 1. The van der Waals surface area contributed by atoms with Crippen molar-refractivity contribution >= 4 is 29.5 Å². The monoisotopic (exact) mass is 310 g/mol. The molecular weight excluding hydrogens is 292 g/mol. The number of thioether (sulfide) groups is 1. The first-order valence-corrected chi connectivity index (χ1v) is 7.47. The van der Waals surface area contributed by atoms with Crippen LogP contribution in [0.1, 0.15) is 30.1 Å². The summed E-state index contributed by atoms with van der Waals surface area (Å²) in [6.45, 7) is 2.00. The highest BCUT2D eigenvalue weighted by molar-refractivity contribution is 7.99. The summed E-state index contributed by atoms with van der Waals surface area (Å²) in [5.41, 5.74) is 5.38. The number of hydrogen-bond donors (Lipinski definition) is 3. The SMILES string of the molecule is CCSc1cccc(C(=O)NC(CCC(N)=O)C(=O)O)c1. The van der Waals surface area contributed by atoms with Crippen molar-refractivity contribution in [1.82, 2.24) is 5.32 Å². The number of carboxylic acid groups (broad SMARTS) is 1. The van der Waals surface area contributed by atoms with Crippen molar-refractivity contribution < 1.29 is 19.5 Å². The molecule has 4 N–H and O–H groups in total. The normalized spacial score (nSPS) is 11.7. The second kappa shape index (κ2) is 8.31. The van der Waals surface area contributed by atoms with Gasteiger partial charge in [-0.15, -0.1) is 11.8 Å². The van der Waals surface area contributed by atoms with Crippen molar-refractivity contribution in [3.8, 4) is 0 Å². The minimum absolute atomic E-state index is 0.0280. The van der Waals surface area contributed by atoms with Crippen LogP contribution in [0.3, 0.4) is 0 Å². The van der Waals surface area contributed by atoms with E-state index in [4.69, 9.17) is 10.8 Å². The number of primary amides is 1. The smallest absolute Gasteiger partial charge is 0.326 e. The van der Waals surface area contributed by atoms with Gasteiger partial charge in [-0.25, -0.2) is 4.79 Å². The van der Waals surface area contributed by atoms with Gasteiger partial charge in [0, 0.05) is 16.9 Å². The highest BCUT2D eigenvalue weighted by Crippen LogP contribution is 2.18. The maximum absolute atomic E-state index is 12.1. The van der Waals surface area contributed by atoms with Crippen molar-refractivity contribution in [1.29, 1.82) is 0 Å². The Balaban J connectivity index is 2.74. The average molecular weight is 310 g/mol. The van der Waals surface area contributed by atoms with Gasteiger partial charge in [0.15, 0.2) is 0 Å². The molecule has 0 aliphatic heterocycles. The Morgan fingerprint density at radius 1 is 1.38 bits per heavy atom. The number of rotatable bonds is 8. The van der Waals surface area contributed by atoms with Crippen LogP contribution in [0.4, 0.5) is 0 Å². The van der Waals surface area contributed by atoms with Gasteiger partial charge in [-0.1, -0.05) is 13.0 Å². The fourth-order valence-electron chi connectivity index (χ4n) is 1.68. The number of carboxylic acids is 1. The standard InChI is InChI=1S/C14H18N2O4S/c1-2-21-10-5-3-4-9(8-10)13(18)16-11(14(19)20)6-7-12(15)17/h3-5,8,11H,2,6-7H2,1H3,(H2,15,17)(H,16,18)(H,19,20). The summed E-state index contributed by atoms with van der Waals surface area (Å²) in [6, 6.07) is 5.81. The number of carbonyl (C=O) groups is 3. The van der Waals surface area contributed by atoms with Crippen molar-refractivity contribution in [3.05, 3.63) is 29.8 Å². The topological polar surface area (TPSA) is 109 Å². The molecule has 0 fully saturated rings. The Hall–Kier alpha value is -2.02. The lowest BCUT2D eigenvalue weighted by Gasteiger charge is -2.14. The maximum atomic E-state index is 12.1. The third kappa shape index (κ3) is 5.86. The maximum Gasteiger partial charge on any atom is 0.326 e. The largest absolute Gasteiger partial charge is 0.480 e. The average Bonchev–Trinajstić information content (AvgIpc) is 2.43. The minimum atomic E-state index is -1.19. The molecule has 0 aliphatic rings. The van der Waals surface area contributed by atoms with E-state index < -0.39 is 23.8 Å². The van der Waals surface area contributed by atoms with E-state index in [0.717, 1.165) is 10.6 Å². The van der Waals surface area contributed by atoms with Gasteiger partial charge in [-0.3, -0.25) is 9.59 Å². The molecule has 7 heteroatoms. The summed E-state index contributed by atoms with van der Waals surface area (Å²) in [4.78, 5) is 34.8. The summed E-state index contributed by atoms with van der Waals surface area (Å²) in [5.74, 6) is -1.40. The summed E-state index contributed by atoms with van der Waals surface area (Å²) in [6.07, 6.45) is -0.122. The van der Waals surface area contributed by atoms with E-state index in [1.807, 2.05) is 13.0 Å². The van der Waals surface area contributed by atoms with Crippen LogP contribution in [0.2, 0.25) is 0 Å². The van der Waals surface area contributed by atoms with Crippen molar-refractivity contribution in [2.45, 2.75) is 30.7 Å². The summed E-state index contributed by atoms with van der Waals surface area (Å²) >= 11 is 1.59. The molecule has 0 saturated carbocycles. The summed E-state index contributed by atoms with van der Waals surface area (Å²) in [5, 5.41) is 11.5. The predicted molar refractivity (Wildman–Crippen MR) is 80.2 cm³/mol. The summed E-state index contributed by atoms with van der Waals surface area (Å²) in [7, 11) is 0. The van der Waals surface area contributed by atoms with Crippen LogP contribution in [0.25, 0.3) is 0 Å². The Morgan fingerprint density at radius 2 is 2.10 bits per heavy atom. The third-order valence-electron chi connectivity index (χ3n) is 2.69. The molecule has 0 radical (unpaired) electrons. The van der Waals surface area contributed by atoms with Crippen molar-refractivity contribution in [2.75, 3.05) is 5.75 Å². The van der Waals surface area contributed by atoms with Gasteiger partial charge < -0.3 is 16.2 Å². The number of hydrogen-bond acceptors (Lipinski definition) is 4. The molecule has 0 spiro atoms. The second-order valence-electron chi connectivity index (χ2n) is 4.33. The van der Waals surface area contributed by atoms with Crippen LogP contribution >= 0.6 is 11.8 Å². The molecule has 1 aromatic carbocycles. The van der Waals surface area contributed by atoms with Gasteiger partial charge in [0.1, 0.15) is 6.04 Å². The lowest BCUT2D eigenvalue weighted by molar-refractivity contribution is -0.139. The van der Waals surface area contributed by atoms with E-state index in [1.54, 1.807) is 30.0 Å². The van der Waals surface area contributed by atoms with E-state index in [0.29, 0.717) is 5.56 Å².